The first-order valence-electron chi connectivity index (χ1n) is 11.3. The van der Waals surface area contributed by atoms with Crippen LogP contribution in [0.15, 0.2) is 0 Å². The first-order valence-corrected chi connectivity index (χ1v) is 11.3. The van der Waals surface area contributed by atoms with E-state index in [1.807, 2.05) is 32.6 Å². The Labute approximate surface area is 175 Å². The van der Waals surface area contributed by atoms with E-state index in [2.05, 4.69) is 4.90 Å². The molecule has 1 saturated carbocycles. The summed E-state index contributed by atoms with van der Waals surface area (Å²) < 4.78 is 17.4. The minimum atomic E-state index is -0.497. The summed E-state index contributed by atoms with van der Waals surface area (Å²) in [5.74, 6) is -0.0702. The summed E-state index contributed by atoms with van der Waals surface area (Å²) in [5, 5.41) is 0. The van der Waals surface area contributed by atoms with E-state index in [1.54, 1.807) is 0 Å². The highest BCUT2D eigenvalue weighted by molar-refractivity contribution is 5.72. The van der Waals surface area contributed by atoms with Gasteiger partial charge in [0.25, 0.3) is 0 Å². The molecule has 7 heteroatoms. The molecule has 1 unspecified atom stereocenters. The van der Waals surface area contributed by atoms with E-state index in [-0.39, 0.29) is 36.4 Å². The third-order valence-electron chi connectivity index (χ3n) is 6.13. The Morgan fingerprint density at radius 2 is 1.69 bits per heavy atom. The molecule has 7 nitrogen and oxygen atoms in total. The molecule has 0 N–H and O–H groups in total. The van der Waals surface area contributed by atoms with Crippen molar-refractivity contribution in [3.63, 3.8) is 0 Å². The van der Waals surface area contributed by atoms with Crippen molar-refractivity contribution in [1.29, 1.82) is 0 Å². The van der Waals surface area contributed by atoms with Gasteiger partial charge in [-0.15, -0.1) is 0 Å². The average molecular weight is 411 g/mol. The number of carbonyl (C=O) groups excluding carboxylic acids is 2. The highest BCUT2D eigenvalue weighted by Crippen LogP contribution is 2.33. The van der Waals surface area contributed by atoms with Crippen molar-refractivity contribution in [2.75, 3.05) is 26.2 Å². The molecular formula is C22H38N2O5. The van der Waals surface area contributed by atoms with Gasteiger partial charge in [-0.25, -0.2) is 4.79 Å². The standard InChI is InChI=1S/C22H38N2O5/c1-5-27-20(25)16-9-11-17(12-10-16)28-19(23-13-7-14-23)18-8-6-15-24(18)21(26)29-22(2,3)4/h16-19H,5-15H2,1-4H3/t16?,17?,18-,19?/m0/s1. The summed E-state index contributed by atoms with van der Waals surface area (Å²) in [6, 6.07) is 0.0351. The molecule has 166 valence electrons. The lowest BCUT2D eigenvalue weighted by atomic mass is 9.87. The Bertz CT molecular complexity index is 564. The number of ether oxygens (including phenoxy) is 3. The van der Waals surface area contributed by atoms with Crippen LogP contribution in [0, 0.1) is 5.92 Å². The molecule has 1 amide bonds. The Morgan fingerprint density at radius 1 is 1.00 bits per heavy atom. The summed E-state index contributed by atoms with van der Waals surface area (Å²) in [7, 11) is 0. The number of likely N-dealkylation sites (tertiary alicyclic amines) is 2. The van der Waals surface area contributed by atoms with Gasteiger partial charge in [0, 0.05) is 19.6 Å². The Hall–Kier alpha value is -1.34. The number of nitrogens with zero attached hydrogens (tertiary/aromatic N) is 2. The van der Waals surface area contributed by atoms with E-state index in [9.17, 15) is 9.59 Å². The normalized spacial score (nSPS) is 29.2. The van der Waals surface area contributed by atoms with Crippen LogP contribution in [0.25, 0.3) is 0 Å². The van der Waals surface area contributed by atoms with Crippen LogP contribution < -0.4 is 0 Å². The van der Waals surface area contributed by atoms with Gasteiger partial charge < -0.3 is 19.1 Å². The average Bonchev–Trinajstić information content (AvgIpc) is 3.09. The van der Waals surface area contributed by atoms with Crippen LogP contribution >= 0.6 is 0 Å². The van der Waals surface area contributed by atoms with Crippen molar-refractivity contribution >= 4 is 12.1 Å². The van der Waals surface area contributed by atoms with Crippen molar-refractivity contribution in [3.05, 3.63) is 0 Å². The van der Waals surface area contributed by atoms with Gasteiger partial charge in [0.1, 0.15) is 11.8 Å². The quantitative estimate of drug-likeness (QED) is 0.624. The van der Waals surface area contributed by atoms with Crippen molar-refractivity contribution in [2.45, 2.75) is 96.6 Å². The van der Waals surface area contributed by atoms with Gasteiger partial charge in [0.15, 0.2) is 0 Å². The molecule has 0 aromatic carbocycles. The fourth-order valence-corrected chi connectivity index (χ4v) is 4.54. The van der Waals surface area contributed by atoms with Crippen molar-refractivity contribution < 1.29 is 23.8 Å². The first-order chi connectivity index (χ1) is 13.8. The highest BCUT2D eigenvalue weighted by atomic mass is 16.6. The maximum atomic E-state index is 12.8. The molecule has 0 aromatic heterocycles. The molecular weight excluding hydrogens is 372 g/mol. The van der Waals surface area contributed by atoms with Crippen molar-refractivity contribution in [2.24, 2.45) is 5.92 Å². The van der Waals surface area contributed by atoms with E-state index in [1.165, 1.54) is 6.42 Å². The molecule has 1 aliphatic carbocycles. The summed E-state index contributed by atoms with van der Waals surface area (Å²) in [6.07, 6.45) is 6.28. The number of esters is 1. The lowest BCUT2D eigenvalue weighted by Gasteiger charge is -2.45. The third-order valence-corrected chi connectivity index (χ3v) is 6.13. The molecule has 2 saturated heterocycles. The summed E-state index contributed by atoms with van der Waals surface area (Å²) in [4.78, 5) is 29.0. The first kappa shape index (κ1) is 22.3. The van der Waals surface area contributed by atoms with Gasteiger partial charge in [0.05, 0.1) is 24.7 Å². The number of hydrogen-bond donors (Lipinski definition) is 0. The molecule has 0 aromatic rings. The monoisotopic (exact) mass is 410 g/mol. The van der Waals surface area contributed by atoms with Crippen LogP contribution in [0.5, 0.6) is 0 Å². The molecule has 0 spiro atoms. The molecule has 3 rings (SSSR count). The van der Waals surface area contributed by atoms with Crippen LogP contribution in [-0.4, -0.2) is 72.1 Å². The van der Waals surface area contributed by atoms with Crippen molar-refractivity contribution in [3.8, 4) is 0 Å². The second kappa shape index (κ2) is 9.65. The molecule has 0 bridgehead atoms. The lowest BCUT2D eigenvalue weighted by molar-refractivity contribution is -0.164. The predicted octanol–water partition coefficient (Wildman–Crippen LogP) is 3.56. The number of carbonyl (C=O) groups is 2. The second-order valence-electron chi connectivity index (χ2n) is 9.53. The Balaban J connectivity index is 1.60. The zero-order valence-corrected chi connectivity index (χ0v) is 18.5. The topological polar surface area (TPSA) is 68.3 Å². The fraction of sp³-hybridized carbons (Fsp3) is 0.909. The van der Waals surface area contributed by atoms with Crippen LogP contribution in [0.3, 0.4) is 0 Å². The minimum absolute atomic E-state index is 0.00185. The summed E-state index contributed by atoms with van der Waals surface area (Å²) in [6.45, 7) is 10.8. The predicted molar refractivity (Wildman–Crippen MR) is 109 cm³/mol. The molecule has 29 heavy (non-hydrogen) atoms. The fourth-order valence-electron chi connectivity index (χ4n) is 4.54. The van der Waals surface area contributed by atoms with E-state index < -0.39 is 5.60 Å². The SMILES string of the molecule is CCOC(=O)C1CCC(OC([C@@H]2CCCN2C(=O)OC(C)(C)C)N2CCC2)CC1. The van der Waals surface area contributed by atoms with Gasteiger partial charge >= 0.3 is 12.1 Å². The van der Waals surface area contributed by atoms with Gasteiger partial charge in [-0.2, -0.15) is 0 Å². The molecule has 2 atom stereocenters. The van der Waals surface area contributed by atoms with Crippen LogP contribution in [0.1, 0.15) is 72.6 Å². The van der Waals surface area contributed by atoms with Gasteiger partial charge in [-0.1, -0.05) is 0 Å². The largest absolute Gasteiger partial charge is 0.466 e. The number of rotatable bonds is 6. The molecule has 0 radical (unpaired) electrons. The highest BCUT2D eigenvalue weighted by Gasteiger charge is 2.43. The second-order valence-corrected chi connectivity index (χ2v) is 9.53. The van der Waals surface area contributed by atoms with Crippen LogP contribution in [-0.2, 0) is 19.0 Å². The molecule has 2 heterocycles. The minimum Gasteiger partial charge on any atom is -0.466 e. The van der Waals surface area contributed by atoms with Gasteiger partial charge in [-0.05, 0) is 72.6 Å². The molecule has 3 fully saturated rings. The van der Waals surface area contributed by atoms with Crippen LogP contribution in [0.2, 0.25) is 0 Å². The molecule has 3 aliphatic rings. The number of amides is 1. The smallest absolute Gasteiger partial charge is 0.410 e. The Kier molecular flexibility index (Phi) is 7.43. The zero-order chi connectivity index (χ0) is 21.0. The van der Waals surface area contributed by atoms with Crippen LogP contribution in [0.4, 0.5) is 4.79 Å². The zero-order valence-electron chi connectivity index (χ0n) is 18.5. The lowest BCUT2D eigenvalue weighted by Crippen LogP contribution is -2.58. The Morgan fingerprint density at radius 3 is 2.24 bits per heavy atom. The third kappa shape index (κ3) is 5.85. The summed E-state index contributed by atoms with van der Waals surface area (Å²) >= 11 is 0. The van der Waals surface area contributed by atoms with Gasteiger partial charge in [-0.3, -0.25) is 9.69 Å². The van der Waals surface area contributed by atoms with E-state index in [0.717, 1.165) is 58.2 Å². The number of hydrogen-bond acceptors (Lipinski definition) is 6. The summed E-state index contributed by atoms with van der Waals surface area (Å²) in [5.41, 5.74) is -0.497. The van der Waals surface area contributed by atoms with E-state index in [0.29, 0.717) is 6.61 Å². The maximum absolute atomic E-state index is 12.8. The van der Waals surface area contributed by atoms with E-state index >= 15 is 0 Å². The maximum Gasteiger partial charge on any atom is 0.410 e. The van der Waals surface area contributed by atoms with Gasteiger partial charge in [0.2, 0.25) is 0 Å². The van der Waals surface area contributed by atoms with E-state index in [4.69, 9.17) is 14.2 Å². The molecule has 2 aliphatic heterocycles. The van der Waals surface area contributed by atoms with Crippen molar-refractivity contribution in [1.82, 2.24) is 9.80 Å².